The fourth-order valence-corrected chi connectivity index (χ4v) is 4.27. The quantitative estimate of drug-likeness (QED) is 0.559. The van der Waals surface area contributed by atoms with E-state index in [2.05, 4.69) is 15.9 Å². The van der Waals surface area contributed by atoms with Crippen LogP contribution in [0.1, 0.15) is 26.5 Å². The number of nitrogens with zero attached hydrogens (tertiary/aromatic N) is 2. The number of aromatic carboxylic acids is 1. The van der Waals surface area contributed by atoms with Gasteiger partial charge in [0.25, 0.3) is 5.91 Å². The number of halogens is 4. The number of benzene rings is 2. The summed E-state index contributed by atoms with van der Waals surface area (Å²) in [6.07, 6.45) is -4.51. The van der Waals surface area contributed by atoms with Gasteiger partial charge in [0.1, 0.15) is 5.58 Å². The van der Waals surface area contributed by atoms with E-state index in [0.29, 0.717) is 41.6 Å². The summed E-state index contributed by atoms with van der Waals surface area (Å²) in [7, 11) is 0. The summed E-state index contributed by atoms with van der Waals surface area (Å²) in [5.74, 6) is -1.77. The number of hydrogen-bond acceptors (Lipinski definition) is 4. The number of carboxylic acid groups (broad SMARTS) is 1. The lowest BCUT2D eigenvalue weighted by Gasteiger charge is -2.36. The lowest BCUT2D eigenvalue weighted by molar-refractivity contribution is -0.137. The maximum Gasteiger partial charge on any atom is 0.416 e. The van der Waals surface area contributed by atoms with E-state index in [4.69, 9.17) is 9.52 Å². The first-order valence-corrected chi connectivity index (χ1v) is 10.1. The number of furan rings is 1. The fourth-order valence-electron chi connectivity index (χ4n) is 3.58. The molecule has 1 aliphatic rings. The molecule has 1 N–H and O–H groups in total. The van der Waals surface area contributed by atoms with Crippen LogP contribution in [-0.2, 0) is 6.18 Å². The molecule has 1 fully saturated rings. The molecule has 6 nitrogen and oxygen atoms in total. The van der Waals surface area contributed by atoms with Crippen LogP contribution in [0.3, 0.4) is 0 Å². The average molecular weight is 497 g/mol. The van der Waals surface area contributed by atoms with Gasteiger partial charge in [-0.1, -0.05) is 6.07 Å². The molecule has 0 atom stereocenters. The van der Waals surface area contributed by atoms with Crippen LogP contribution in [0, 0.1) is 0 Å². The number of carbonyl (C=O) groups excluding carboxylic acids is 1. The lowest BCUT2D eigenvalue weighted by Crippen LogP contribution is -2.49. The van der Waals surface area contributed by atoms with E-state index < -0.39 is 23.6 Å². The number of alkyl halides is 3. The number of piperazine rings is 1. The van der Waals surface area contributed by atoms with E-state index in [0.717, 1.165) is 17.8 Å². The molecule has 31 heavy (non-hydrogen) atoms. The second-order valence-corrected chi connectivity index (χ2v) is 7.88. The van der Waals surface area contributed by atoms with Gasteiger partial charge in [-0.3, -0.25) is 4.79 Å². The van der Waals surface area contributed by atoms with Crippen LogP contribution in [0.5, 0.6) is 0 Å². The Morgan fingerprint density at radius 3 is 2.39 bits per heavy atom. The van der Waals surface area contributed by atoms with Crippen LogP contribution < -0.4 is 4.90 Å². The number of carbonyl (C=O) groups is 2. The highest BCUT2D eigenvalue weighted by atomic mass is 79.9. The Labute approximate surface area is 183 Å². The van der Waals surface area contributed by atoms with E-state index in [1.165, 1.54) is 23.1 Å². The van der Waals surface area contributed by atoms with Crippen LogP contribution in [0.4, 0.5) is 18.9 Å². The number of amides is 1. The summed E-state index contributed by atoms with van der Waals surface area (Å²) < 4.78 is 44.8. The van der Waals surface area contributed by atoms with Gasteiger partial charge in [-0.2, -0.15) is 13.2 Å². The Kier molecular flexibility index (Phi) is 5.42. The molecule has 1 aromatic heterocycles. The Hall–Kier alpha value is -3.01. The summed E-state index contributed by atoms with van der Waals surface area (Å²) >= 11 is 3.51. The van der Waals surface area contributed by atoms with Crippen molar-refractivity contribution in [2.75, 3.05) is 31.1 Å². The fraction of sp³-hybridized carbons (Fsp3) is 0.238. The highest BCUT2D eigenvalue weighted by molar-refractivity contribution is 9.10. The van der Waals surface area contributed by atoms with Crippen molar-refractivity contribution in [3.63, 3.8) is 0 Å². The number of anilines is 1. The van der Waals surface area contributed by atoms with Crippen molar-refractivity contribution in [1.29, 1.82) is 0 Å². The first-order valence-electron chi connectivity index (χ1n) is 9.32. The molecule has 2 aromatic carbocycles. The van der Waals surface area contributed by atoms with Gasteiger partial charge >= 0.3 is 12.1 Å². The molecule has 0 aliphatic carbocycles. The van der Waals surface area contributed by atoms with Crippen LogP contribution >= 0.6 is 15.9 Å². The number of carboxylic acids is 1. The largest absolute Gasteiger partial charge is 0.475 e. The van der Waals surface area contributed by atoms with Crippen LogP contribution in [0.2, 0.25) is 0 Å². The normalized spacial score (nSPS) is 14.8. The summed E-state index contributed by atoms with van der Waals surface area (Å²) in [6.45, 7) is 1.62. The molecule has 2 heterocycles. The summed E-state index contributed by atoms with van der Waals surface area (Å²) in [5, 5.41) is 9.73. The minimum atomic E-state index is -4.51. The first-order chi connectivity index (χ1) is 14.6. The third-order valence-electron chi connectivity index (χ3n) is 5.17. The molecule has 4 rings (SSSR count). The van der Waals surface area contributed by atoms with Gasteiger partial charge in [-0.15, -0.1) is 0 Å². The second-order valence-electron chi connectivity index (χ2n) is 7.08. The number of rotatable bonds is 3. The van der Waals surface area contributed by atoms with E-state index in [-0.39, 0.29) is 11.3 Å². The predicted molar refractivity (Wildman–Crippen MR) is 110 cm³/mol. The zero-order chi connectivity index (χ0) is 22.3. The van der Waals surface area contributed by atoms with Gasteiger partial charge in [-0.05, 0) is 46.3 Å². The molecule has 162 valence electrons. The maximum atomic E-state index is 12.9. The zero-order valence-corrected chi connectivity index (χ0v) is 17.5. The summed E-state index contributed by atoms with van der Waals surface area (Å²) in [4.78, 5) is 27.4. The van der Waals surface area contributed by atoms with E-state index in [1.54, 1.807) is 12.1 Å². The minimum Gasteiger partial charge on any atom is -0.475 e. The predicted octanol–water partition coefficient (Wildman–Crippen LogP) is 4.87. The topological polar surface area (TPSA) is 74.0 Å². The van der Waals surface area contributed by atoms with Crippen molar-refractivity contribution < 1.29 is 32.3 Å². The third-order valence-corrected chi connectivity index (χ3v) is 6.00. The monoisotopic (exact) mass is 496 g/mol. The highest BCUT2D eigenvalue weighted by Gasteiger charge is 2.32. The van der Waals surface area contributed by atoms with E-state index in [9.17, 15) is 22.8 Å². The van der Waals surface area contributed by atoms with Gasteiger partial charge in [0.05, 0.1) is 15.7 Å². The molecule has 10 heteroatoms. The van der Waals surface area contributed by atoms with Crippen LogP contribution in [0.15, 0.2) is 51.4 Å². The van der Waals surface area contributed by atoms with Gasteiger partial charge in [-0.25, -0.2) is 4.79 Å². The van der Waals surface area contributed by atoms with Crippen molar-refractivity contribution in [1.82, 2.24) is 4.90 Å². The lowest BCUT2D eigenvalue weighted by atomic mass is 10.1. The van der Waals surface area contributed by atoms with Crippen molar-refractivity contribution in [3.8, 4) is 0 Å². The first kappa shape index (κ1) is 21.2. The highest BCUT2D eigenvalue weighted by Crippen LogP contribution is 2.36. The van der Waals surface area contributed by atoms with Crippen LogP contribution in [-0.4, -0.2) is 48.1 Å². The van der Waals surface area contributed by atoms with Gasteiger partial charge in [0, 0.05) is 43.2 Å². The molecule has 0 unspecified atom stereocenters. The Balaban J connectivity index is 1.49. The van der Waals surface area contributed by atoms with E-state index in [1.807, 2.05) is 4.90 Å². The minimum absolute atomic E-state index is 0.00507. The summed E-state index contributed by atoms with van der Waals surface area (Å²) in [5.41, 5.74) is 0.406. The Bertz CT molecular complexity index is 1170. The van der Waals surface area contributed by atoms with Gasteiger partial charge in [0.15, 0.2) is 0 Å². The van der Waals surface area contributed by atoms with E-state index >= 15 is 0 Å². The molecule has 0 spiro atoms. The number of hydrogen-bond donors (Lipinski definition) is 1. The maximum absolute atomic E-state index is 12.9. The SMILES string of the molecule is O=C(O)c1cc2c(Br)c(N3CCN(C(=O)c4cccc(C(F)(F)F)c4)CC3)ccc2o1. The standard InChI is InChI=1S/C21H16BrF3N2O4/c22-18-14-11-17(20(29)30)31-16(14)5-4-15(18)26-6-8-27(9-7-26)19(28)12-2-1-3-13(10-12)21(23,24)25/h1-5,10-11H,6-9H2,(H,29,30). The Morgan fingerprint density at radius 2 is 1.74 bits per heavy atom. The molecule has 1 saturated heterocycles. The Morgan fingerprint density at radius 1 is 1.03 bits per heavy atom. The zero-order valence-electron chi connectivity index (χ0n) is 15.9. The van der Waals surface area contributed by atoms with Gasteiger partial charge < -0.3 is 19.3 Å². The second kappa shape index (κ2) is 7.92. The number of fused-ring (bicyclic) bond motifs is 1. The van der Waals surface area contributed by atoms with Crippen molar-refractivity contribution >= 4 is 44.5 Å². The van der Waals surface area contributed by atoms with Crippen molar-refractivity contribution in [3.05, 3.63) is 63.8 Å². The van der Waals surface area contributed by atoms with Crippen molar-refractivity contribution in [2.45, 2.75) is 6.18 Å². The molecular weight excluding hydrogens is 481 g/mol. The molecule has 1 aliphatic heterocycles. The van der Waals surface area contributed by atoms with Crippen LogP contribution in [0.25, 0.3) is 11.0 Å². The molecule has 3 aromatic rings. The average Bonchev–Trinajstić information content (AvgIpc) is 3.19. The molecule has 0 bridgehead atoms. The molecule has 0 saturated carbocycles. The smallest absolute Gasteiger partial charge is 0.416 e. The van der Waals surface area contributed by atoms with Gasteiger partial charge in [0.2, 0.25) is 5.76 Å². The molecular formula is C21H16BrF3N2O4. The third kappa shape index (κ3) is 4.12. The molecule has 0 radical (unpaired) electrons. The van der Waals surface area contributed by atoms with Crippen molar-refractivity contribution in [2.24, 2.45) is 0 Å². The molecule has 1 amide bonds. The summed E-state index contributed by atoms with van der Waals surface area (Å²) in [6, 6.07) is 9.35.